The maximum Gasteiger partial charge on any atom is 0.241 e. The zero-order valence-corrected chi connectivity index (χ0v) is 20.5. The molecule has 6 N–H and O–H groups in total. The van der Waals surface area contributed by atoms with Gasteiger partial charge < -0.3 is 44.8 Å². The van der Waals surface area contributed by atoms with E-state index in [0.29, 0.717) is 28.9 Å². The molecular formula is C30H25O9. The highest BCUT2D eigenvalue weighted by Gasteiger charge is 2.46. The molecule has 0 fully saturated rings. The first-order chi connectivity index (χ1) is 18.7. The zero-order chi connectivity index (χ0) is 27.3. The predicted molar refractivity (Wildman–Crippen MR) is 138 cm³/mol. The average Bonchev–Trinajstić information content (AvgIpc) is 2.91. The molecule has 0 amide bonds. The number of phenolic OH excluding ortho intramolecular Hbond substituents is 6. The van der Waals surface area contributed by atoms with Crippen molar-refractivity contribution < 1.29 is 44.8 Å². The molecule has 4 aromatic carbocycles. The van der Waals surface area contributed by atoms with Gasteiger partial charge in [-0.3, -0.25) is 0 Å². The third kappa shape index (κ3) is 4.36. The minimum Gasteiger partial charge on any atom is -0.508 e. The Hall–Kier alpha value is -4.76. The highest BCUT2D eigenvalue weighted by Crippen LogP contribution is 2.48. The molecule has 1 radical (unpaired) electrons. The first-order valence-corrected chi connectivity index (χ1v) is 12.3. The van der Waals surface area contributed by atoms with Crippen molar-refractivity contribution in [3.05, 3.63) is 101 Å². The molecule has 9 nitrogen and oxygen atoms in total. The molecule has 0 spiro atoms. The number of para-hydroxylation sites is 1. The molecule has 4 aromatic rings. The highest BCUT2D eigenvalue weighted by atomic mass is 16.7. The smallest absolute Gasteiger partial charge is 0.241 e. The van der Waals surface area contributed by atoms with Crippen LogP contribution >= 0.6 is 0 Å². The molecule has 6 rings (SSSR count). The van der Waals surface area contributed by atoms with Gasteiger partial charge in [0.1, 0.15) is 29.1 Å². The summed E-state index contributed by atoms with van der Waals surface area (Å²) < 4.78 is 19.4. The Morgan fingerprint density at radius 2 is 1.46 bits per heavy atom. The van der Waals surface area contributed by atoms with E-state index in [-0.39, 0.29) is 46.7 Å². The Morgan fingerprint density at radius 1 is 0.718 bits per heavy atom. The number of aromatic hydroxyl groups is 6. The SMILES string of the molecule is Oc1cc(O)c2c(c1)OC(c1ccc(O)c(O)c1)C(OC1(c3ccc(O)c(O)c3)[CH]Cc3ccccc3O1)C2. The van der Waals surface area contributed by atoms with Crippen LogP contribution in [-0.2, 0) is 23.4 Å². The fourth-order valence-electron chi connectivity index (χ4n) is 5.05. The molecule has 3 unspecified atom stereocenters. The Kier molecular flexibility index (Phi) is 5.80. The minimum absolute atomic E-state index is 0.123. The lowest BCUT2D eigenvalue weighted by Crippen LogP contribution is -2.46. The van der Waals surface area contributed by atoms with Crippen LogP contribution in [0.1, 0.15) is 28.4 Å². The number of hydrogen-bond donors (Lipinski definition) is 6. The van der Waals surface area contributed by atoms with Gasteiger partial charge in [0, 0.05) is 36.1 Å². The summed E-state index contributed by atoms with van der Waals surface area (Å²) in [7, 11) is 0. The molecule has 0 saturated carbocycles. The van der Waals surface area contributed by atoms with Crippen LogP contribution in [0, 0.1) is 6.42 Å². The summed E-state index contributed by atoms with van der Waals surface area (Å²) in [5.41, 5.74) is 2.19. The van der Waals surface area contributed by atoms with Gasteiger partial charge in [-0.25, -0.2) is 0 Å². The van der Waals surface area contributed by atoms with Gasteiger partial charge in [0.25, 0.3) is 0 Å². The van der Waals surface area contributed by atoms with E-state index < -0.39 is 18.0 Å². The van der Waals surface area contributed by atoms with Gasteiger partial charge in [-0.15, -0.1) is 0 Å². The van der Waals surface area contributed by atoms with Crippen molar-refractivity contribution in [2.24, 2.45) is 0 Å². The van der Waals surface area contributed by atoms with Crippen LogP contribution in [0.25, 0.3) is 0 Å². The third-order valence-corrected chi connectivity index (χ3v) is 7.02. The van der Waals surface area contributed by atoms with Crippen molar-refractivity contribution in [1.29, 1.82) is 0 Å². The Labute approximate surface area is 223 Å². The standard InChI is InChI=1S/C30H25O9/c31-19-13-23(34)20-15-28(29(37-27(20)14-19)17-5-7-21(32)24(35)11-17)39-30(18-6-8-22(33)25(36)12-18)10-9-16-3-1-2-4-26(16)38-30/h1-8,10-14,28-29,31-36H,9,15H2. The van der Waals surface area contributed by atoms with Gasteiger partial charge in [0.05, 0.1) is 0 Å². The maximum absolute atomic E-state index is 10.6. The quantitative estimate of drug-likeness (QED) is 0.207. The van der Waals surface area contributed by atoms with Crippen LogP contribution in [-0.4, -0.2) is 36.7 Å². The summed E-state index contributed by atoms with van der Waals surface area (Å²) in [6, 6.07) is 18.6. The van der Waals surface area contributed by atoms with Gasteiger partial charge in [-0.1, -0.05) is 24.3 Å². The molecule has 0 aliphatic carbocycles. The second kappa shape index (κ2) is 9.21. The maximum atomic E-state index is 10.6. The molecule has 2 aliphatic rings. The van der Waals surface area contributed by atoms with Crippen molar-refractivity contribution in [3.8, 4) is 46.0 Å². The van der Waals surface area contributed by atoms with Gasteiger partial charge in [-0.05, 0) is 53.9 Å². The average molecular weight is 530 g/mol. The fourth-order valence-corrected chi connectivity index (χ4v) is 5.05. The predicted octanol–water partition coefficient (Wildman–Crippen LogP) is 4.67. The molecule has 0 saturated heterocycles. The lowest BCUT2D eigenvalue weighted by atomic mass is 9.90. The number of hydrogen-bond acceptors (Lipinski definition) is 9. The van der Waals surface area contributed by atoms with Gasteiger partial charge in [0.2, 0.25) is 5.79 Å². The van der Waals surface area contributed by atoms with Crippen molar-refractivity contribution in [2.75, 3.05) is 0 Å². The summed E-state index contributed by atoms with van der Waals surface area (Å²) in [6.45, 7) is 0. The van der Waals surface area contributed by atoms with Crippen molar-refractivity contribution in [3.63, 3.8) is 0 Å². The van der Waals surface area contributed by atoms with E-state index in [1.54, 1.807) is 24.6 Å². The van der Waals surface area contributed by atoms with Crippen molar-refractivity contribution in [2.45, 2.75) is 30.8 Å². The van der Waals surface area contributed by atoms with E-state index in [2.05, 4.69) is 0 Å². The molecular weight excluding hydrogens is 504 g/mol. The molecule has 2 heterocycles. The van der Waals surface area contributed by atoms with Crippen LogP contribution in [0.4, 0.5) is 0 Å². The fraction of sp³-hybridized carbons (Fsp3) is 0.167. The first kappa shape index (κ1) is 24.6. The van der Waals surface area contributed by atoms with E-state index in [9.17, 15) is 30.6 Å². The lowest BCUT2D eigenvalue weighted by Gasteiger charge is -2.44. The summed E-state index contributed by atoms with van der Waals surface area (Å²) in [5.74, 6) is -2.43. The number of benzene rings is 4. The monoisotopic (exact) mass is 529 g/mol. The first-order valence-electron chi connectivity index (χ1n) is 12.3. The number of rotatable bonds is 4. The van der Waals surface area contributed by atoms with Gasteiger partial charge in [-0.2, -0.15) is 0 Å². The zero-order valence-electron chi connectivity index (χ0n) is 20.5. The van der Waals surface area contributed by atoms with Crippen LogP contribution in [0.2, 0.25) is 0 Å². The summed E-state index contributed by atoms with van der Waals surface area (Å²) in [5, 5.41) is 61.0. The largest absolute Gasteiger partial charge is 0.508 e. The third-order valence-electron chi connectivity index (χ3n) is 7.02. The topological polar surface area (TPSA) is 149 Å². The summed E-state index contributed by atoms with van der Waals surface area (Å²) >= 11 is 0. The molecule has 3 atom stereocenters. The summed E-state index contributed by atoms with van der Waals surface area (Å²) in [6.07, 6.45) is 0.680. The normalized spacial score (nSPS) is 21.7. The molecule has 39 heavy (non-hydrogen) atoms. The summed E-state index contributed by atoms with van der Waals surface area (Å²) in [4.78, 5) is 0. The molecule has 2 aliphatic heterocycles. The van der Waals surface area contributed by atoms with Crippen LogP contribution in [0.5, 0.6) is 46.0 Å². The molecule has 0 aromatic heterocycles. The molecule has 9 heteroatoms. The Balaban J connectivity index is 1.47. The van der Waals surface area contributed by atoms with Crippen molar-refractivity contribution in [1.82, 2.24) is 0 Å². The Bertz CT molecular complexity index is 1570. The number of ether oxygens (including phenoxy) is 3. The second-order valence-electron chi connectivity index (χ2n) is 9.58. The van der Waals surface area contributed by atoms with E-state index >= 15 is 0 Å². The van der Waals surface area contributed by atoms with E-state index in [4.69, 9.17) is 14.2 Å². The van der Waals surface area contributed by atoms with Crippen LogP contribution < -0.4 is 9.47 Å². The second-order valence-corrected chi connectivity index (χ2v) is 9.58. The highest BCUT2D eigenvalue weighted by molar-refractivity contribution is 5.52. The molecule has 0 bridgehead atoms. The minimum atomic E-state index is -1.55. The Morgan fingerprint density at radius 3 is 2.23 bits per heavy atom. The van der Waals surface area contributed by atoms with Crippen LogP contribution in [0.3, 0.4) is 0 Å². The number of phenols is 6. The van der Waals surface area contributed by atoms with Gasteiger partial charge >= 0.3 is 0 Å². The van der Waals surface area contributed by atoms with Crippen molar-refractivity contribution >= 4 is 0 Å². The van der Waals surface area contributed by atoms with E-state index in [1.165, 1.54) is 36.4 Å². The molecule has 199 valence electrons. The van der Waals surface area contributed by atoms with Gasteiger partial charge in [0.15, 0.2) is 29.1 Å². The van der Waals surface area contributed by atoms with E-state index in [0.717, 1.165) is 5.56 Å². The number of fused-ring (bicyclic) bond motifs is 2. The van der Waals surface area contributed by atoms with E-state index in [1.807, 2.05) is 18.2 Å². The lowest BCUT2D eigenvalue weighted by molar-refractivity contribution is -0.224. The van der Waals surface area contributed by atoms with Crippen LogP contribution in [0.15, 0.2) is 72.8 Å².